The zero-order valence-corrected chi connectivity index (χ0v) is 11.9. The molecular weight excluding hydrogens is 249 g/mol. The summed E-state index contributed by atoms with van der Waals surface area (Å²) in [5.74, 6) is -0.194. The molecule has 0 aliphatic heterocycles. The fraction of sp³-hybridized carbons (Fsp3) is 0.600. The standard InChI is InChI=1S/C15H21ClFN/c1-3-8-18-12-6-7-15(2,10-12)13-9-11(17)4-5-14(13)16/h4-5,9,12,18H,3,6-8,10H2,1-2H3. The highest BCUT2D eigenvalue weighted by Crippen LogP contribution is 2.43. The molecule has 0 radical (unpaired) electrons. The predicted molar refractivity (Wildman–Crippen MR) is 74.7 cm³/mol. The van der Waals surface area contributed by atoms with Gasteiger partial charge in [0.25, 0.3) is 0 Å². The van der Waals surface area contributed by atoms with Gasteiger partial charge in [-0.1, -0.05) is 25.4 Å². The molecule has 1 aromatic rings. The van der Waals surface area contributed by atoms with Crippen LogP contribution in [0.15, 0.2) is 18.2 Å². The highest BCUT2D eigenvalue weighted by Gasteiger charge is 2.37. The zero-order valence-electron chi connectivity index (χ0n) is 11.1. The van der Waals surface area contributed by atoms with E-state index in [1.54, 1.807) is 12.1 Å². The summed E-state index contributed by atoms with van der Waals surface area (Å²) in [5.41, 5.74) is 0.967. The molecule has 1 aromatic carbocycles. The van der Waals surface area contributed by atoms with Crippen LogP contribution >= 0.6 is 11.6 Å². The van der Waals surface area contributed by atoms with Crippen LogP contribution in [0, 0.1) is 5.82 Å². The van der Waals surface area contributed by atoms with Crippen LogP contribution in [0.5, 0.6) is 0 Å². The first-order valence-corrected chi connectivity index (χ1v) is 7.12. The van der Waals surface area contributed by atoms with Crippen molar-refractivity contribution in [1.82, 2.24) is 5.32 Å². The van der Waals surface area contributed by atoms with Crippen molar-refractivity contribution in [3.05, 3.63) is 34.6 Å². The summed E-state index contributed by atoms with van der Waals surface area (Å²) in [7, 11) is 0. The molecular formula is C15H21ClFN. The van der Waals surface area contributed by atoms with E-state index in [2.05, 4.69) is 19.2 Å². The summed E-state index contributed by atoms with van der Waals surface area (Å²) >= 11 is 6.23. The maximum absolute atomic E-state index is 13.4. The fourth-order valence-corrected chi connectivity index (χ4v) is 3.31. The maximum Gasteiger partial charge on any atom is 0.123 e. The Morgan fingerprint density at radius 3 is 3.00 bits per heavy atom. The molecule has 2 rings (SSSR count). The van der Waals surface area contributed by atoms with Gasteiger partial charge >= 0.3 is 0 Å². The molecule has 1 nitrogen and oxygen atoms in total. The normalized spacial score (nSPS) is 27.7. The van der Waals surface area contributed by atoms with Crippen molar-refractivity contribution in [1.29, 1.82) is 0 Å². The van der Waals surface area contributed by atoms with Crippen LogP contribution in [0.3, 0.4) is 0 Å². The molecule has 0 heterocycles. The first kappa shape index (κ1) is 13.8. The van der Waals surface area contributed by atoms with Gasteiger partial charge in [0.1, 0.15) is 5.82 Å². The number of benzene rings is 1. The van der Waals surface area contributed by atoms with Crippen molar-refractivity contribution >= 4 is 11.6 Å². The first-order chi connectivity index (χ1) is 8.55. The lowest BCUT2D eigenvalue weighted by atomic mass is 9.80. The number of halogens is 2. The lowest BCUT2D eigenvalue weighted by molar-refractivity contribution is 0.450. The number of nitrogens with one attached hydrogen (secondary N) is 1. The van der Waals surface area contributed by atoms with E-state index in [1.807, 2.05) is 0 Å². The molecule has 1 saturated carbocycles. The summed E-state index contributed by atoms with van der Waals surface area (Å²) in [6.07, 6.45) is 4.39. The lowest BCUT2D eigenvalue weighted by Crippen LogP contribution is -2.29. The van der Waals surface area contributed by atoms with Gasteiger partial charge in [0.2, 0.25) is 0 Å². The van der Waals surface area contributed by atoms with Gasteiger partial charge in [-0.05, 0) is 61.4 Å². The minimum Gasteiger partial charge on any atom is -0.314 e. The first-order valence-electron chi connectivity index (χ1n) is 6.74. The molecule has 0 aromatic heterocycles. The molecule has 0 spiro atoms. The summed E-state index contributed by atoms with van der Waals surface area (Å²) < 4.78 is 13.4. The van der Waals surface area contributed by atoms with Crippen LogP contribution in [0.1, 0.15) is 45.1 Å². The zero-order chi connectivity index (χ0) is 13.2. The van der Waals surface area contributed by atoms with Crippen molar-refractivity contribution in [2.45, 2.75) is 51.0 Å². The van der Waals surface area contributed by atoms with Gasteiger partial charge in [0.05, 0.1) is 0 Å². The van der Waals surface area contributed by atoms with Crippen molar-refractivity contribution in [3.8, 4) is 0 Å². The molecule has 0 amide bonds. The van der Waals surface area contributed by atoms with Crippen LogP contribution in [0.4, 0.5) is 4.39 Å². The van der Waals surface area contributed by atoms with Gasteiger partial charge in [0.15, 0.2) is 0 Å². The Bertz CT molecular complexity index is 421. The van der Waals surface area contributed by atoms with Gasteiger partial charge in [0, 0.05) is 11.1 Å². The monoisotopic (exact) mass is 269 g/mol. The summed E-state index contributed by atoms with van der Waals surface area (Å²) in [6, 6.07) is 5.24. The smallest absolute Gasteiger partial charge is 0.123 e. The topological polar surface area (TPSA) is 12.0 Å². The summed E-state index contributed by atoms with van der Waals surface area (Å²) in [6.45, 7) is 5.42. The van der Waals surface area contributed by atoms with Gasteiger partial charge < -0.3 is 5.32 Å². The number of hydrogen-bond donors (Lipinski definition) is 1. The average molecular weight is 270 g/mol. The fourth-order valence-electron chi connectivity index (χ4n) is 2.97. The van der Waals surface area contributed by atoms with Crippen LogP contribution < -0.4 is 5.32 Å². The predicted octanol–water partition coefficient (Wildman–Crippen LogP) is 4.29. The third-order valence-electron chi connectivity index (χ3n) is 4.00. The van der Waals surface area contributed by atoms with E-state index in [9.17, 15) is 4.39 Å². The SMILES string of the molecule is CCCNC1CCC(C)(c2cc(F)ccc2Cl)C1. The third-order valence-corrected chi connectivity index (χ3v) is 4.33. The van der Waals surface area contributed by atoms with E-state index in [0.29, 0.717) is 11.1 Å². The Morgan fingerprint density at radius 1 is 1.50 bits per heavy atom. The Balaban J connectivity index is 2.15. The van der Waals surface area contributed by atoms with E-state index in [1.165, 1.54) is 6.07 Å². The Kier molecular flexibility index (Phi) is 4.29. The van der Waals surface area contributed by atoms with Crippen LogP contribution in [-0.2, 0) is 5.41 Å². The molecule has 1 aliphatic carbocycles. The van der Waals surface area contributed by atoms with E-state index in [-0.39, 0.29) is 11.2 Å². The molecule has 100 valence electrons. The van der Waals surface area contributed by atoms with Gasteiger partial charge in [-0.25, -0.2) is 4.39 Å². The number of rotatable bonds is 4. The highest BCUT2D eigenvalue weighted by atomic mass is 35.5. The molecule has 18 heavy (non-hydrogen) atoms. The van der Waals surface area contributed by atoms with E-state index in [0.717, 1.165) is 37.8 Å². The molecule has 1 fully saturated rings. The van der Waals surface area contributed by atoms with Crippen molar-refractivity contribution in [3.63, 3.8) is 0 Å². The highest BCUT2D eigenvalue weighted by molar-refractivity contribution is 6.31. The third kappa shape index (κ3) is 2.86. The molecule has 2 unspecified atom stereocenters. The molecule has 2 atom stereocenters. The van der Waals surface area contributed by atoms with Crippen molar-refractivity contribution in [2.75, 3.05) is 6.54 Å². The molecule has 1 N–H and O–H groups in total. The van der Waals surface area contributed by atoms with Gasteiger partial charge in [-0.2, -0.15) is 0 Å². The van der Waals surface area contributed by atoms with Crippen LogP contribution in [0.25, 0.3) is 0 Å². The van der Waals surface area contributed by atoms with Crippen molar-refractivity contribution < 1.29 is 4.39 Å². The lowest BCUT2D eigenvalue weighted by Gasteiger charge is -2.26. The summed E-state index contributed by atoms with van der Waals surface area (Å²) in [5, 5.41) is 4.24. The van der Waals surface area contributed by atoms with E-state index < -0.39 is 0 Å². The Labute approximate surface area is 114 Å². The Morgan fingerprint density at radius 2 is 2.28 bits per heavy atom. The average Bonchev–Trinajstić information content (AvgIpc) is 2.73. The maximum atomic E-state index is 13.4. The molecule has 3 heteroatoms. The van der Waals surface area contributed by atoms with Crippen molar-refractivity contribution in [2.24, 2.45) is 0 Å². The molecule has 0 bridgehead atoms. The molecule has 1 aliphatic rings. The minimum atomic E-state index is -0.194. The second kappa shape index (κ2) is 5.58. The second-order valence-electron chi connectivity index (χ2n) is 5.58. The summed E-state index contributed by atoms with van der Waals surface area (Å²) in [4.78, 5) is 0. The van der Waals surface area contributed by atoms with Gasteiger partial charge in [-0.15, -0.1) is 0 Å². The largest absolute Gasteiger partial charge is 0.314 e. The van der Waals surface area contributed by atoms with Crippen LogP contribution in [-0.4, -0.2) is 12.6 Å². The Hall–Kier alpha value is -0.600. The van der Waals surface area contributed by atoms with Gasteiger partial charge in [-0.3, -0.25) is 0 Å². The molecule has 0 saturated heterocycles. The van der Waals surface area contributed by atoms with Crippen LogP contribution in [0.2, 0.25) is 5.02 Å². The van der Waals surface area contributed by atoms with E-state index >= 15 is 0 Å². The quantitative estimate of drug-likeness (QED) is 0.860. The van der Waals surface area contributed by atoms with E-state index in [4.69, 9.17) is 11.6 Å². The second-order valence-corrected chi connectivity index (χ2v) is 5.99. The number of hydrogen-bond acceptors (Lipinski definition) is 1. The minimum absolute atomic E-state index is 0.00455.